The molecular weight excluding hydrogens is 200 g/mol. The summed E-state index contributed by atoms with van der Waals surface area (Å²) in [6.07, 6.45) is 2.79. The van der Waals surface area contributed by atoms with Crippen LogP contribution in [0.15, 0.2) is 30.3 Å². The molecule has 0 bridgehead atoms. The van der Waals surface area contributed by atoms with E-state index >= 15 is 0 Å². The van der Waals surface area contributed by atoms with E-state index in [4.69, 9.17) is 4.74 Å². The number of benzene rings is 1. The largest absolute Gasteiger partial charge is 0.374 e. The third kappa shape index (κ3) is 2.50. The van der Waals surface area contributed by atoms with Crippen LogP contribution in [0.2, 0.25) is 19.6 Å². The Hall–Kier alpha value is -0.603. The highest BCUT2D eigenvalue weighted by Gasteiger charge is 2.35. The molecule has 1 aromatic rings. The van der Waals surface area contributed by atoms with Gasteiger partial charge in [0.1, 0.15) is 0 Å². The highest BCUT2D eigenvalue weighted by molar-refractivity contribution is 6.77. The summed E-state index contributed by atoms with van der Waals surface area (Å²) in [5.41, 5.74) is 1.89. The normalized spacial score (nSPS) is 26.9. The smallest absolute Gasteiger partial charge is 0.0825 e. The van der Waals surface area contributed by atoms with E-state index in [1.54, 1.807) is 0 Å². The topological polar surface area (TPSA) is 9.23 Å². The van der Waals surface area contributed by atoms with Crippen LogP contribution >= 0.6 is 0 Å². The van der Waals surface area contributed by atoms with Crippen molar-refractivity contribution in [2.24, 2.45) is 0 Å². The van der Waals surface area contributed by atoms with Crippen molar-refractivity contribution in [3.8, 4) is 0 Å². The Balaban J connectivity index is 2.05. The van der Waals surface area contributed by atoms with Gasteiger partial charge in [-0.25, -0.2) is 0 Å². The SMILES string of the molecule is C[Si](C)(C)[C@H]1CC[C@@H](c2ccccc2)O1. The highest BCUT2D eigenvalue weighted by atomic mass is 28.3. The lowest BCUT2D eigenvalue weighted by Gasteiger charge is -2.25. The van der Waals surface area contributed by atoms with Gasteiger partial charge in [-0.1, -0.05) is 50.0 Å². The molecule has 0 spiro atoms. The summed E-state index contributed by atoms with van der Waals surface area (Å²) in [5, 5.41) is 0. The maximum atomic E-state index is 6.17. The molecule has 2 heteroatoms. The van der Waals surface area contributed by atoms with Crippen molar-refractivity contribution in [2.45, 2.75) is 44.3 Å². The van der Waals surface area contributed by atoms with Crippen LogP contribution in [-0.2, 0) is 4.74 Å². The Morgan fingerprint density at radius 3 is 2.27 bits per heavy atom. The average molecular weight is 220 g/mol. The number of hydrogen-bond acceptors (Lipinski definition) is 1. The van der Waals surface area contributed by atoms with Gasteiger partial charge < -0.3 is 4.74 Å². The van der Waals surface area contributed by atoms with Crippen molar-refractivity contribution >= 4 is 8.07 Å². The van der Waals surface area contributed by atoms with Gasteiger partial charge in [0.25, 0.3) is 0 Å². The second-order valence-electron chi connectivity index (χ2n) is 5.47. The average Bonchev–Trinajstić information content (AvgIpc) is 2.67. The van der Waals surface area contributed by atoms with E-state index in [9.17, 15) is 0 Å². The molecular formula is C13H20OSi. The predicted molar refractivity (Wildman–Crippen MR) is 66.6 cm³/mol. The second-order valence-corrected chi connectivity index (χ2v) is 10.8. The standard InChI is InChI=1S/C13H20OSi/c1-15(2,3)13-10-9-12(14-13)11-7-5-4-6-8-11/h4-8,12-13H,9-10H2,1-3H3/t12-,13-/m0/s1. The molecule has 15 heavy (non-hydrogen) atoms. The molecule has 0 unspecified atom stereocenters. The molecule has 82 valence electrons. The molecule has 1 nitrogen and oxygen atoms in total. The summed E-state index contributed by atoms with van der Waals surface area (Å²) in [4.78, 5) is 0. The van der Waals surface area contributed by atoms with Crippen molar-refractivity contribution in [3.63, 3.8) is 0 Å². The van der Waals surface area contributed by atoms with Crippen molar-refractivity contribution in [1.82, 2.24) is 0 Å². The van der Waals surface area contributed by atoms with E-state index in [-0.39, 0.29) is 0 Å². The van der Waals surface area contributed by atoms with Crippen molar-refractivity contribution in [3.05, 3.63) is 35.9 Å². The Bertz CT molecular complexity index is 315. The van der Waals surface area contributed by atoms with Gasteiger partial charge in [-0.05, 0) is 18.4 Å². The van der Waals surface area contributed by atoms with Gasteiger partial charge in [-0.2, -0.15) is 0 Å². The molecule has 0 aromatic heterocycles. The van der Waals surface area contributed by atoms with Crippen LogP contribution in [0.4, 0.5) is 0 Å². The number of rotatable bonds is 2. The first kappa shape index (κ1) is 10.9. The summed E-state index contributed by atoms with van der Waals surface area (Å²) < 4.78 is 6.17. The van der Waals surface area contributed by atoms with Crippen molar-refractivity contribution in [2.75, 3.05) is 0 Å². The molecule has 1 aromatic carbocycles. The van der Waals surface area contributed by atoms with Gasteiger partial charge in [0.05, 0.1) is 14.2 Å². The molecule has 0 radical (unpaired) electrons. The van der Waals surface area contributed by atoms with Crippen LogP contribution in [0, 0.1) is 0 Å². The first-order valence-electron chi connectivity index (χ1n) is 5.78. The summed E-state index contributed by atoms with van der Waals surface area (Å²) in [6.45, 7) is 7.18. The molecule has 1 aliphatic rings. The van der Waals surface area contributed by atoms with Crippen LogP contribution in [-0.4, -0.2) is 13.8 Å². The fourth-order valence-electron chi connectivity index (χ4n) is 2.19. The van der Waals surface area contributed by atoms with Gasteiger partial charge in [0.15, 0.2) is 0 Å². The number of ether oxygens (including phenoxy) is 1. The highest BCUT2D eigenvalue weighted by Crippen LogP contribution is 2.36. The van der Waals surface area contributed by atoms with Crippen molar-refractivity contribution in [1.29, 1.82) is 0 Å². The Morgan fingerprint density at radius 2 is 1.73 bits per heavy atom. The van der Waals surface area contributed by atoms with Crippen LogP contribution in [0.3, 0.4) is 0 Å². The summed E-state index contributed by atoms with van der Waals surface area (Å²) >= 11 is 0. The van der Waals surface area contributed by atoms with Gasteiger partial charge in [-0.3, -0.25) is 0 Å². The van der Waals surface area contributed by atoms with Gasteiger partial charge in [0.2, 0.25) is 0 Å². The zero-order chi connectivity index (χ0) is 10.9. The van der Waals surface area contributed by atoms with Crippen LogP contribution < -0.4 is 0 Å². The van der Waals surface area contributed by atoms with E-state index < -0.39 is 8.07 Å². The zero-order valence-corrected chi connectivity index (χ0v) is 10.9. The molecule has 1 fully saturated rings. The van der Waals surface area contributed by atoms with E-state index in [2.05, 4.69) is 50.0 Å². The lowest BCUT2D eigenvalue weighted by Crippen LogP contribution is -2.37. The van der Waals surface area contributed by atoms with Crippen LogP contribution in [0.1, 0.15) is 24.5 Å². The fraction of sp³-hybridized carbons (Fsp3) is 0.538. The maximum Gasteiger partial charge on any atom is 0.0825 e. The van der Waals surface area contributed by atoms with Crippen LogP contribution in [0.5, 0.6) is 0 Å². The molecule has 1 heterocycles. The van der Waals surface area contributed by atoms with E-state index in [1.807, 2.05) is 0 Å². The second kappa shape index (κ2) is 4.10. The summed E-state index contributed by atoms with van der Waals surface area (Å²) in [6, 6.07) is 10.6. The first-order valence-corrected chi connectivity index (χ1v) is 9.35. The van der Waals surface area contributed by atoms with Crippen molar-refractivity contribution < 1.29 is 4.74 Å². The fourth-order valence-corrected chi connectivity index (χ4v) is 3.79. The summed E-state index contributed by atoms with van der Waals surface area (Å²) in [7, 11) is -1.12. The van der Waals surface area contributed by atoms with E-state index in [1.165, 1.54) is 18.4 Å². The first-order chi connectivity index (χ1) is 7.07. The minimum absolute atomic E-state index is 0.350. The van der Waals surface area contributed by atoms with Crippen LogP contribution in [0.25, 0.3) is 0 Å². The number of hydrogen-bond donors (Lipinski definition) is 0. The molecule has 0 N–H and O–H groups in total. The lowest BCUT2D eigenvalue weighted by molar-refractivity contribution is 0.0825. The third-order valence-corrected chi connectivity index (χ3v) is 5.51. The Kier molecular flexibility index (Phi) is 2.98. The molecule has 0 amide bonds. The Morgan fingerprint density at radius 1 is 1.07 bits per heavy atom. The quantitative estimate of drug-likeness (QED) is 0.689. The minimum Gasteiger partial charge on any atom is -0.374 e. The molecule has 0 saturated carbocycles. The maximum absolute atomic E-state index is 6.17. The van der Waals surface area contributed by atoms with Gasteiger partial charge >= 0.3 is 0 Å². The zero-order valence-electron chi connectivity index (χ0n) is 9.86. The van der Waals surface area contributed by atoms with E-state index in [0.29, 0.717) is 11.8 Å². The van der Waals surface area contributed by atoms with Gasteiger partial charge in [-0.15, -0.1) is 0 Å². The third-order valence-electron chi connectivity index (χ3n) is 3.16. The molecule has 1 aliphatic heterocycles. The molecule has 2 atom stereocenters. The predicted octanol–water partition coefficient (Wildman–Crippen LogP) is 3.78. The molecule has 1 saturated heterocycles. The monoisotopic (exact) mass is 220 g/mol. The minimum atomic E-state index is -1.12. The molecule has 2 rings (SSSR count). The van der Waals surface area contributed by atoms with Gasteiger partial charge in [0, 0.05) is 5.73 Å². The van der Waals surface area contributed by atoms with E-state index in [0.717, 1.165) is 0 Å². The Labute approximate surface area is 93.5 Å². The lowest BCUT2D eigenvalue weighted by atomic mass is 10.1. The summed E-state index contributed by atoms with van der Waals surface area (Å²) in [5.74, 6) is 0. The molecule has 0 aliphatic carbocycles.